The van der Waals surface area contributed by atoms with Gasteiger partial charge in [-0.15, -0.1) is 0 Å². The molecule has 0 aliphatic heterocycles. The summed E-state index contributed by atoms with van der Waals surface area (Å²) in [7, 11) is 0. The molecule has 0 heterocycles. The van der Waals surface area contributed by atoms with Gasteiger partial charge in [-0.05, 0) is 81.6 Å². The zero-order valence-corrected chi connectivity index (χ0v) is 25.9. The van der Waals surface area contributed by atoms with Gasteiger partial charge >= 0.3 is 0 Å². The summed E-state index contributed by atoms with van der Waals surface area (Å²) in [6.07, 6.45) is 3.55. The van der Waals surface area contributed by atoms with Crippen molar-refractivity contribution in [2.45, 2.75) is 51.1 Å². The Balaban J connectivity index is 1.11. The second kappa shape index (κ2) is 16.2. The summed E-state index contributed by atoms with van der Waals surface area (Å²) in [6, 6.07) is 51.3. The molecular formula is C42H42O3. The average Bonchev–Trinajstić information content (AvgIpc) is 3.10. The van der Waals surface area contributed by atoms with E-state index in [0.29, 0.717) is 26.4 Å². The van der Waals surface area contributed by atoms with E-state index in [0.717, 1.165) is 25.7 Å². The summed E-state index contributed by atoms with van der Waals surface area (Å²) in [6.45, 7) is 2.19. The van der Waals surface area contributed by atoms with Gasteiger partial charge in [0, 0.05) is 0 Å². The first-order valence-corrected chi connectivity index (χ1v) is 16.1. The molecule has 6 rings (SSSR count). The smallest absolute Gasteiger partial charge is 0.0816 e. The standard InChI is InChI=1S/C42H42O3/c1-3-11-33(12-4-1)21-25-41(31-43-29-35-19-23-37-15-7-9-17-39(37)27-35)45-42(26-22-34-13-5-2-6-14-34)32-44-30-36-20-24-38-16-8-10-18-40(38)28-36/h1-20,23-24,27-28,41-42H,21-22,25-26,29-32H2. The summed E-state index contributed by atoms with van der Waals surface area (Å²) in [5.41, 5.74) is 4.98. The van der Waals surface area contributed by atoms with Gasteiger partial charge in [0.25, 0.3) is 0 Å². The minimum atomic E-state index is -0.0456. The van der Waals surface area contributed by atoms with Gasteiger partial charge in [0.2, 0.25) is 0 Å². The normalized spacial score (nSPS) is 12.8. The Morgan fingerprint density at radius 2 is 0.778 bits per heavy atom. The molecule has 6 aromatic rings. The minimum Gasteiger partial charge on any atom is -0.374 e. The third-order valence-electron chi connectivity index (χ3n) is 8.35. The number of hydrogen-bond donors (Lipinski definition) is 0. The van der Waals surface area contributed by atoms with Crippen LogP contribution >= 0.6 is 0 Å². The molecule has 0 bridgehead atoms. The van der Waals surface area contributed by atoms with E-state index >= 15 is 0 Å². The molecule has 45 heavy (non-hydrogen) atoms. The number of hydrogen-bond acceptors (Lipinski definition) is 3. The van der Waals surface area contributed by atoms with Crippen molar-refractivity contribution in [2.75, 3.05) is 13.2 Å². The molecule has 0 radical (unpaired) electrons. The monoisotopic (exact) mass is 594 g/mol. The molecule has 0 saturated heterocycles. The van der Waals surface area contributed by atoms with Crippen molar-refractivity contribution in [3.8, 4) is 0 Å². The summed E-state index contributed by atoms with van der Waals surface area (Å²) < 4.78 is 19.5. The molecular weight excluding hydrogens is 552 g/mol. The molecule has 0 spiro atoms. The van der Waals surface area contributed by atoms with E-state index < -0.39 is 0 Å². The predicted octanol–water partition coefficient (Wildman–Crippen LogP) is 9.75. The van der Waals surface area contributed by atoms with Crippen LogP contribution in [0, 0.1) is 0 Å². The van der Waals surface area contributed by atoms with Crippen LogP contribution in [0.2, 0.25) is 0 Å². The van der Waals surface area contributed by atoms with E-state index in [1.165, 1.54) is 43.8 Å². The Morgan fingerprint density at radius 3 is 1.22 bits per heavy atom. The van der Waals surface area contributed by atoms with Crippen LogP contribution in [0.1, 0.15) is 35.1 Å². The SMILES string of the molecule is c1ccc(CCC(COCc2ccc3ccccc3c2)OC(CCc2ccccc2)COCc2ccc3ccccc3c2)cc1. The molecule has 0 aliphatic carbocycles. The average molecular weight is 595 g/mol. The Hall–Kier alpha value is -4.28. The zero-order valence-electron chi connectivity index (χ0n) is 25.9. The van der Waals surface area contributed by atoms with Crippen molar-refractivity contribution in [1.29, 1.82) is 0 Å². The van der Waals surface area contributed by atoms with E-state index in [9.17, 15) is 0 Å². The zero-order chi connectivity index (χ0) is 30.5. The fraction of sp³-hybridized carbons (Fsp3) is 0.238. The highest BCUT2D eigenvalue weighted by Crippen LogP contribution is 2.20. The summed E-state index contributed by atoms with van der Waals surface area (Å²) in [4.78, 5) is 0. The predicted molar refractivity (Wildman–Crippen MR) is 185 cm³/mol. The van der Waals surface area contributed by atoms with Crippen LogP contribution in [0.25, 0.3) is 21.5 Å². The Labute approximate surface area is 267 Å². The highest BCUT2D eigenvalue weighted by Gasteiger charge is 2.19. The van der Waals surface area contributed by atoms with Crippen molar-refractivity contribution in [1.82, 2.24) is 0 Å². The van der Waals surface area contributed by atoms with Gasteiger partial charge in [-0.3, -0.25) is 0 Å². The van der Waals surface area contributed by atoms with Gasteiger partial charge in [0.1, 0.15) is 0 Å². The summed E-state index contributed by atoms with van der Waals surface area (Å²) in [5, 5.41) is 4.96. The third kappa shape index (κ3) is 9.36. The van der Waals surface area contributed by atoms with Crippen LogP contribution in [0.5, 0.6) is 0 Å². The van der Waals surface area contributed by atoms with Crippen molar-refractivity contribution < 1.29 is 14.2 Å². The van der Waals surface area contributed by atoms with Gasteiger partial charge in [-0.25, -0.2) is 0 Å². The summed E-state index contributed by atoms with van der Waals surface area (Å²) >= 11 is 0. The number of ether oxygens (including phenoxy) is 3. The first kappa shape index (κ1) is 30.7. The second-order valence-electron chi connectivity index (χ2n) is 11.8. The molecule has 228 valence electrons. The fourth-order valence-electron chi connectivity index (χ4n) is 5.87. The maximum atomic E-state index is 6.86. The first-order valence-electron chi connectivity index (χ1n) is 16.1. The molecule has 6 aromatic carbocycles. The van der Waals surface area contributed by atoms with Crippen LogP contribution in [-0.2, 0) is 40.3 Å². The molecule has 0 N–H and O–H groups in total. The maximum Gasteiger partial charge on any atom is 0.0816 e. The lowest BCUT2D eigenvalue weighted by molar-refractivity contribution is -0.0943. The topological polar surface area (TPSA) is 27.7 Å². The lowest BCUT2D eigenvalue weighted by Gasteiger charge is -2.26. The van der Waals surface area contributed by atoms with Gasteiger partial charge in [0.05, 0.1) is 38.6 Å². The number of benzene rings is 6. The molecule has 0 amide bonds. The summed E-state index contributed by atoms with van der Waals surface area (Å²) in [5.74, 6) is 0. The van der Waals surface area contributed by atoms with E-state index in [4.69, 9.17) is 14.2 Å². The highest BCUT2D eigenvalue weighted by molar-refractivity contribution is 5.83. The quantitative estimate of drug-likeness (QED) is 0.112. The molecule has 2 atom stereocenters. The van der Waals surface area contributed by atoms with Crippen LogP contribution in [-0.4, -0.2) is 25.4 Å². The molecule has 2 unspecified atom stereocenters. The Morgan fingerprint density at radius 1 is 0.378 bits per heavy atom. The van der Waals surface area contributed by atoms with Crippen molar-refractivity contribution in [3.05, 3.63) is 168 Å². The van der Waals surface area contributed by atoms with Crippen LogP contribution < -0.4 is 0 Å². The van der Waals surface area contributed by atoms with E-state index in [2.05, 4.69) is 146 Å². The van der Waals surface area contributed by atoms with Crippen molar-refractivity contribution in [2.24, 2.45) is 0 Å². The molecule has 0 aliphatic rings. The molecule has 3 nitrogen and oxygen atoms in total. The third-order valence-corrected chi connectivity index (χ3v) is 8.35. The van der Waals surface area contributed by atoms with E-state index in [1.807, 2.05) is 0 Å². The van der Waals surface area contributed by atoms with Crippen LogP contribution in [0.3, 0.4) is 0 Å². The molecule has 0 fully saturated rings. The lowest BCUT2D eigenvalue weighted by Crippen LogP contribution is -2.30. The van der Waals surface area contributed by atoms with E-state index in [-0.39, 0.29) is 12.2 Å². The van der Waals surface area contributed by atoms with Gasteiger partial charge in [-0.2, -0.15) is 0 Å². The number of rotatable bonds is 16. The highest BCUT2D eigenvalue weighted by atomic mass is 16.6. The molecule has 3 heteroatoms. The van der Waals surface area contributed by atoms with E-state index in [1.54, 1.807) is 0 Å². The Kier molecular flexibility index (Phi) is 11.0. The molecule has 0 saturated carbocycles. The Bertz CT molecular complexity index is 1620. The largest absolute Gasteiger partial charge is 0.374 e. The lowest BCUT2D eigenvalue weighted by atomic mass is 10.1. The molecule has 0 aromatic heterocycles. The van der Waals surface area contributed by atoms with Gasteiger partial charge < -0.3 is 14.2 Å². The van der Waals surface area contributed by atoms with Gasteiger partial charge in [-0.1, -0.05) is 133 Å². The van der Waals surface area contributed by atoms with Gasteiger partial charge in [0.15, 0.2) is 0 Å². The second-order valence-corrected chi connectivity index (χ2v) is 11.8. The van der Waals surface area contributed by atoms with Crippen LogP contribution in [0.15, 0.2) is 146 Å². The van der Waals surface area contributed by atoms with Crippen molar-refractivity contribution in [3.63, 3.8) is 0 Å². The first-order chi connectivity index (χ1) is 22.3. The number of aryl methyl sites for hydroxylation is 2. The number of fused-ring (bicyclic) bond motifs is 2. The van der Waals surface area contributed by atoms with Crippen LogP contribution in [0.4, 0.5) is 0 Å². The maximum absolute atomic E-state index is 6.86. The van der Waals surface area contributed by atoms with Crippen molar-refractivity contribution >= 4 is 21.5 Å². The fourth-order valence-corrected chi connectivity index (χ4v) is 5.87. The minimum absolute atomic E-state index is 0.0456.